The van der Waals surface area contributed by atoms with E-state index in [1.54, 1.807) is 0 Å². The Morgan fingerprint density at radius 2 is 0.727 bits per heavy atom. The summed E-state index contributed by atoms with van der Waals surface area (Å²) in [6.07, 6.45) is -31.9. The summed E-state index contributed by atoms with van der Waals surface area (Å²) in [4.78, 5) is 7.01. The van der Waals surface area contributed by atoms with Gasteiger partial charge in [0, 0.05) is 0 Å². The van der Waals surface area contributed by atoms with E-state index in [2.05, 4.69) is 9.97 Å². The van der Waals surface area contributed by atoms with E-state index in [9.17, 15) is 87.8 Å². The lowest BCUT2D eigenvalue weighted by atomic mass is 9.98. The highest BCUT2D eigenvalue weighted by Crippen LogP contribution is 2.59. The number of halogens is 30. The van der Waals surface area contributed by atoms with Crippen LogP contribution >= 0.6 is 23.2 Å². The first kappa shape index (κ1) is 52.2. The fourth-order valence-corrected chi connectivity index (χ4v) is 6.43. The second-order valence-electron chi connectivity index (χ2n) is 13.3. The molecule has 5 rings (SSSR count). The molecule has 0 spiro atoms. The molecule has 0 aromatic carbocycles. The van der Waals surface area contributed by atoms with Crippen LogP contribution in [0.25, 0.3) is 45.3 Å². The van der Waals surface area contributed by atoms with Crippen LogP contribution in [0.4, 0.5) is 123 Å². The van der Waals surface area contributed by atoms with Crippen LogP contribution < -0.4 is 0 Å². The Bertz CT molecular complexity index is 2690. The first-order chi connectivity index (χ1) is 29.2. The van der Waals surface area contributed by atoms with Crippen molar-refractivity contribution in [1.82, 2.24) is 19.9 Å². The van der Waals surface area contributed by atoms with Crippen LogP contribution in [-0.2, 0) is 23.7 Å². The lowest BCUT2D eigenvalue weighted by Crippen LogP contribution is -2.50. The number of aromatic nitrogens is 4. The van der Waals surface area contributed by atoms with Crippen molar-refractivity contribution in [3.63, 3.8) is 0 Å². The molecule has 0 radical (unpaired) electrons. The van der Waals surface area contributed by atoms with Gasteiger partial charge in [-0.05, 0) is 36.4 Å². The molecular formula is C32H8Cl2F28N4. The van der Waals surface area contributed by atoms with Crippen LogP contribution in [0.15, 0.2) is 18.2 Å². The monoisotopic (exact) mass is 1050 g/mol. The highest BCUT2D eigenvalue weighted by atomic mass is 35.5. The van der Waals surface area contributed by atoms with Gasteiger partial charge in [-0.15, -0.1) is 0 Å². The van der Waals surface area contributed by atoms with Gasteiger partial charge in [0.05, 0.1) is 77.2 Å². The van der Waals surface area contributed by atoms with Gasteiger partial charge in [-0.3, -0.25) is 0 Å². The van der Waals surface area contributed by atoms with E-state index in [0.717, 1.165) is 9.97 Å². The van der Waals surface area contributed by atoms with E-state index in [-0.39, 0.29) is 0 Å². The molecule has 0 saturated carbocycles. The fourth-order valence-electron chi connectivity index (χ4n) is 5.94. The van der Waals surface area contributed by atoms with Crippen molar-refractivity contribution in [3.05, 3.63) is 68.3 Å². The Hall–Kier alpha value is -4.78. The third-order valence-electron chi connectivity index (χ3n) is 9.14. The molecule has 0 aliphatic carbocycles. The van der Waals surface area contributed by atoms with Crippen LogP contribution in [0.2, 0.25) is 5.02 Å². The van der Waals surface area contributed by atoms with Gasteiger partial charge in [-0.1, -0.05) is 23.2 Å². The molecule has 0 atom stereocenters. The molecule has 5 heterocycles. The predicted octanol–water partition coefficient (Wildman–Crippen LogP) is 15.0. The standard InChI is InChI=1S/C32H8Cl2F28N4/c33-7-5-13-15(21(35,36)25(43,44)29(51,52)53)9-1-2-10(63-9)16(22(37,38)26(45,46)30(54,55)56)14-6-8(34)20(66-14)18(24(41,42)28(49,50)32(60,61)62)12-4-3-11(64-12)17(19(7)65-13)23(39,40)27(47,48)31(57,58)59/h1-6,63,65H. The molecular weight excluding hydrogens is 1040 g/mol. The van der Waals surface area contributed by atoms with E-state index in [1.165, 1.54) is 0 Å². The number of hydrogen-bond acceptors (Lipinski definition) is 2. The van der Waals surface area contributed by atoms with Crippen molar-refractivity contribution >= 4 is 68.5 Å². The second-order valence-corrected chi connectivity index (χ2v) is 14.1. The maximum Gasteiger partial charge on any atom is 0.460 e. The minimum Gasteiger partial charge on any atom is -0.355 e. The maximum atomic E-state index is 15.8. The van der Waals surface area contributed by atoms with E-state index < -0.39 is 186 Å². The Morgan fingerprint density at radius 1 is 0.379 bits per heavy atom. The molecule has 0 unspecified atom stereocenters. The van der Waals surface area contributed by atoms with Crippen molar-refractivity contribution in [2.45, 2.75) is 72.1 Å². The molecule has 3 aromatic heterocycles. The Balaban J connectivity index is 2.29. The topological polar surface area (TPSA) is 57.4 Å². The summed E-state index contributed by atoms with van der Waals surface area (Å²) in [5, 5.41) is -4.28. The SMILES string of the molecule is FC(F)(F)C(F)(F)C(F)(F)c1c2nc(c(C(F)(F)C(F)(F)C(F)(F)F)c3[nH]c(cc3Cl)c(C(F)(F)C(F)(F)C(F)(F)F)c3ccc([nH]3)c(C(F)(F)C(F)(F)C(F)(F)F)c3nc1C(Cl)=C3)C=C2. The van der Waals surface area contributed by atoms with Gasteiger partial charge in [0.25, 0.3) is 0 Å². The third kappa shape index (κ3) is 7.35. The highest BCUT2D eigenvalue weighted by molar-refractivity contribution is 6.51. The molecule has 66 heavy (non-hydrogen) atoms. The zero-order valence-electron chi connectivity index (χ0n) is 29.7. The number of nitrogens with zero attached hydrogens (tertiary/aromatic N) is 2. The third-order valence-corrected chi connectivity index (χ3v) is 9.72. The number of rotatable bonds is 8. The number of alkyl halides is 28. The lowest BCUT2D eigenvalue weighted by Gasteiger charge is -2.29. The zero-order valence-corrected chi connectivity index (χ0v) is 31.2. The number of H-pyrrole nitrogens is 2. The average molecular weight is 1050 g/mol. The Kier molecular flexibility index (Phi) is 11.8. The summed E-state index contributed by atoms with van der Waals surface area (Å²) in [6.45, 7) is 0. The van der Waals surface area contributed by atoms with Gasteiger partial charge >= 0.3 is 72.1 Å². The molecule has 2 aliphatic rings. The summed E-state index contributed by atoms with van der Waals surface area (Å²) < 4.78 is 405. The fraction of sp³-hybridized carbons (Fsp3) is 0.375. The van der Waals surface area contributed by atoms with E-state index in [1.807, 2.05) is 0 Å². The summed E-state index contributed by atoms with van der Waals surface area (Å²) in [5.41, 5.74) is -33.3. The van der Waals surface area contributed by atoms with E-state index in [4.69, 9.17) is 23.2 Å². The van der Waals surface area contributed by atoms with Crippen LogP contribution in [0.3, 0.4) is 0 Å². The summed E-state index contributed by atoms with van der Waals surface area (Å²) in [5.74, 6) is -58.9. The number of nitrogens with one attached hydrogen (secondary N) is 2. The van der Waals surface area contributed by atoms with Gasteiger partial charge in [0.2, 0.25) is 0 Å². The lowest BCUT2D eigenvalue weighted by molar-refractivity contribution is -0.359. The van der Waals surface area contributed by atoms with Gasteiger partial charge < -0.3 is 9.97 Å². The first-order valence-electron chi connectivity index (χ1n) is 16.0. The molecule has 3 aromatic rings. The van der Waals surface area contributed by atoms with Crippen LogP contribution in [0.5, 0.6) is 0 Å². The smallest absolute Gasteiger partial charge is 0.355 e. The minimum absolute atomic E-state index is 0.512. The summed E-state index contributed by atoms with van der Waals surface area (Å²) >= 11 is 11.2. The van der Waals surface area contributed by atoms with Crippen LogP contribution in [0, 0.1) is 0 Å². The van der Waals surface area contributed by atoms with E-state index >= 15 is 35.1 Å². The maximum absolute atomic E-state index is 15.8. The molecule has 2 aliphatic heterocycles. The molecule has 0 amide bonds. The predicted molar refractivity (Wildman–Crippen MR) is 168 cm³/mol. The van der Waals surface area contributed by atoms with Crippen LogP contribution in [0.1, 0.15) is 45.0 Å². The molecule has 34 heteroatoms. The van der Waals surface area contributed by atoms with Gasteiger partial charge in [-0.25, -0.2) is 9.97 Å². The minimum atomic E-state index is -7.61. The molecule has 2 N–H and O–H groups in total. The normalized spacial score (nSPS) is 15.8. The number of aromatic amines is 2. The van der Waals surface area contributed by atoms with Crippen molar-refractivity contribution in [3.8, 4) is 0 Å². The number of hydrogen-bond donors (Lipinski definition) is 2. The summed E-state index contributed by atoms with van der Waals surface area (Å²) in [7, 11) is 0. The number of fused-ring (bicyclic) bond motifs is 8. The van der Waals surface area contributed by atoms with Gasteiger partial charge in [0.1, 0.15) is 0 Å². The van der Waals surface area contributed by atoms with Gasteiger partial charge in [-0.2, -0.15) is 123 Å². The van der Waals surface area contributed by atoms with E-state index in [0.29, 0.717) is 0 Å². The largest absolute Gasteiger partial charge is 0.460 e. The molecule has 4 nitrogen and oxygen atoms in total. The van der Waals surface area contributed by atoms with Crippen molar-refractivity contribution in [2.75, 3.05) is 0 Å². The van der Waals surface area contributed by atoms with Crippen molar-refractivity contribution in [2.24, 2.45) is 0 Å². The summed E-state index contributed by atoms with van der Waals surface area (Å²) in [6, 6.07) is -1.65. The molecule has 0 fully saturated rings. The molecule has 366 valence electrons. The molecule has 0 saturated heterocycles. The first-order valence-corrected chi connectivity index (χ1v) is 16.8. The average Bonchev–Trinajstić information content (AvgIpc) is 3.92. The van der Waals surface area contributed by atoms with Crippen LogP contribution in [-0.4, -0.2) is 68.3 Å². The Morgan fingerprint density at radius 3 is 1.14 bits per heavy atom. The zero-order chi connectivity index (χ0) is 51.2. The molecule has 8 bridgehead atoms. The highest BCUT2D eigenvalue weighted by Gasteiger charge is 2.78. The second kappa shape index (κ2) is 14.9. The quantitative estimate of drug-likeness (QED) is 0.173. The van der Waals surface area contributed by atoms with Gasteiger partial charge in [0.15, 0.2) is 0 Å². The Labute approximate surface area is 351 Å². The van der Waals surface area contributed by atoms with Crippen molar-refractivity contribution in [1.29, 1.82) is 0 Å². The van der Waals surface area contributed by atoms with Crippen molar-refractivity contribution < 1.29 is 123 Å².